The van der Waals surface area contributed by atoms with Gasteiger partial charge < -0.3 is 15.2 Å². The molecular weight excluding hydrogens is 339 g/mol. The zero-order valence-corrected chi connectivity index (χ0v) is 14.2. The van der Waals surface area contributed by atoms with E-state index in [1.807, 2.05) is 0 Å². The summed E-state index contributed by atoms with van der Waals surface area (Å²) < 4.78 is 5.62. The van der Waals surface area contributed by atoms with Crippen molar-refractivity contribution in [2.75, 3.05) is 32.8 Å². The summed E-state index contributed by atoms with van der Waals surface area (Å²) in [5.74, 6) is 3.21. The van der Waals surface area contributed by atoms with E-state index < -0.39 is 6.09 Å². The fraction of sp³-hybridized carbons (Fsp3) is 0.438. The van der Waals surface area contributed by atoms with Crippen LogP contribution < -0.4 is 10.1 Å². The third-order valence-corrected chi connectivity index (χ3v) is 3.54. The molecule has 23 heavy (non-hydrogen) atoms. The fourth-order valence-corrected chi connectivity index (χ4v) is 2.42. The summed E-state index contributed by atoms with van der Waals surface area (Å²) in [6.07, 6.45) is 5.83. The van der Waals surface area contributed by atoms with Crippen molar-refractivity contribution in [3.05, 3.63) is 28.2 Å². The summed E-state index contributed by atoms with van der Waals surface area (Å²) in [6.45, 7) is 2.94. The average Bonchev–Trinajstić information content (AvgIpc) is 2.49. The second-order valence-corrected chi connectivity index (χ2v) is 5.69. The van der Waals surface area contributed by atoms with E-state index in [4.69, 9.17) is 39.5 Å². The van der Waals surface area contributed by atoms with Crippen LogP contribution in [0.5, 0.6) is 5.75 Å². The molecule has 0 radical (unpaired) electrons. The molecule has 0 saturated carbocycles. The highest BCUT2D eigenvalue weighted by Crippen LogP contribution is 2.27. The van der Waals surface area contributed by atoms with Crippen LogP contribution >= 0.6 is 23.2 Å². The maximum Gasteiger partial charge on any atom is 0.404 e. The number of amides is 1. The van der Waals surface area contributed by atoms with Crippen LogP contribution in [0.1, 0.15) is 12.8 Å². The van der Waals surface area contributed by atoms with Gasteiger partial charge in [-0.2, -0.15) is 0 Å². The van der Waals surface area contributed by atoms with Crippen molar-refractivity contribution in [1.82, 2.24) is 10.2 Å². The van der Waals surface area contributed by atoms with E-state index in [1.54, 1.807) is 18.2 Å². The Hall–Kier alpha value is -1.61. The van der Waals surface area contributed by atoms with Gasteiger partial charge in [-0.1, -0.05) is 29.1 Å². The van der Waals surface area contributed by atoms with E-state index in [2.05, 4.69) is 16.1 Å². The van der Waals surface area contributed by atoms with Crippen molar-refractivity contribution in [2.45, 2.75) is 12.8 Å². The van der Waals surface area contributed by atoms with Gasteiger partial charge in [0.25, 0.3) is 0 Å². The zero-order chi connectivity index (χ0) is 17.1. The molecule has 0 heterocycles. The molecule has 1 amide bonds. The van der Waals surface area contributed by atoms with Crippen LogP contribution in [0.25, 0.3) is 0 Å². The second kappa shape index (κ2) is 11.0. The molecule has 1 aromatic rings. The van der Waals surface area contributed by atoms with Gasteiger partial charge >= 0.3 is 6.09 Å². The third-order valence-electron chi connectivity index (χ3n) is 3.01. The van der Waals surface area contributed by atoms with E-state index in [0.717, 1.165) is 19.5 Å². The van der Waals surface area contributed by atoms with E-state index in [0.29, 0.717) is 41.9 Å². The number of hydrogen-bond donors (Lipinski definition) is 2. The topological polar surface area (TPSA) is 61.8 Å². The number of rotatable bonds is 10. The van der Waals surface area contributed by atoms with Gasteiger partial charge in [-0.3, -0.25) is 4.90 Å². The van der Waals surface area contributed by atoms with Crippen molar-refractivity contribution >= 4 is 29.3 Å². The lowest BCUT2D eigenvalue weighted by Crippen LogP contribution is -2.31. The molecule has 0 unspecified atom stereocenters. The Morgan fingerprint density at radius 1 is 1.35 bits per heavy atom. The maximum atomic E-state index is 10.4. The molecule has 0 saturated heterocycles. The highest BCUT2D eigenvalue weighted by atomic mass is 35.5. The third kappa shape index (κ3) is 8.56. The molecule has 1 rings (SSSR count). The fourth-order valence-electron chi connectivity index (χ4n) is 1.96. The summed E-state index contributed by atoms with van der Waals surface area (Å²) in [5.41, 5.74) is 0. The first-order valence-electron chi connectivity index (χ1n) is 7.23. The smallest absolute Gasteiger partial charge is 0.404 e. The summed E-state index contributed by atoms with van der Waals surface area (Å²) in [7, 11) is 0. The number of halogens is 2. The Kier molecular flexibility index (Phi) is 9.30. The van der Waals surface area contributed by atoms with Gasteiger partial charge in [0.05, 0.1) is 18.2 Å². The van der Waals surface area contributed by atoms with Crippen LogP contribution in [0.2, 0.25) is 10.0 Å². The van der Waals surface area contributed by atoms with Crippen LogP contribution in [-0.4, -0.2) is 48.9 Å². The van der Waals surface area contributed by atoms with E-state index in [-0.39, 0.29) is 0 Å². The van der Waals surface area contributed by atoms with Gasteiger partial charge in [0.2, 0.25) is 0 Å². The van der Waals surface area contributed by atoms with Crippen LogP contribution in [0.4, 0.5) is 4.79 Å². The second-order valence-electron chi connectivity index (χ2n) is 4.84. The van der Waals surface area contributed by atoms with Crippen molar-refractivity contribution in [3.63, 3.8) is 0 Å². The number of ether oxygens (including phenoxy) is 1. The number of nitrogens with zero attached hydrogens (tertiary/aromatic N) is 1. The standard InChI is InChI=1S/C16H20Cl2N2O3/c1-2-8-20(9-3-7-19-16(21)22)10-4-11-23-15-6-5-13(17)12-14(15)18/h1,5-6,12,19H,3-4,7-11H2,(H,21,22). The lowest BCUT2D eigenvalue weighted by Gasteiger charge is -2.19. The number of benzene rings is 1. The van der Waals surface area contributed by atoms with Crippen LogP contribution in [0.3, 0.4) is 0 Å². The molecule has 1 aromatic carbocycles. The molecule has 0 fully saturated rings. The Morgan fingerprint density at radius 3 is 2.74 bits per heavy atom. The zero-order valence-electron chi connectivity index (χ0n) is 12.7. The van der Waals surface area contributed by atoms with Gasteiger partial charge in [0.15, 0.2) is 0 Å². The molecule has 5 nitrogen and oxygen atoms in total. The predicted molar refractivity (Wildman–Crippen MR) is 92.5 cm³/mol. The summed E-state index contributed by atoms with van der Waals surface area (Å²) in [6, 6.07) is 5.10. The van der Waals surface area contributed by atoms with Gasteiger partial charge in [-0.25, -0.2) is 4.79 Å². The van der Waals surface area contributed by atoms with E-state index >= 15 is 0 Å². The lowest BCUT2D eigenvalue weighted by molar-refractivity contribution is 0.193. The minimum absolute atomic E-state index is 0.410. The molecule has 0 bridgehead atoms. The molecule has 2 N–H and O–H groups in total. The van der Waals surface area contributed by atoms with Gasteiger partial charge in [-0.15, -0.1) is 6.42 Å². The Bertz CT molecular complexity index is 547. The SMILES string of the molecule is C#CCN(CCCNC(=O)O)CCCOc1ccc(Cl)cc1Cl. The normalized spacial score (nSPS) is 10.3. The molecule has 0 aliphatic rings. The molecular formula is C16H20Cl2N2O3. The molecule has 0 aliphatic heterocycles. The predicted octanol–water partition coefficient (Wildman–Crippen LogP) is 3.36. The van der Waals surface area contributed by atoms with E-state index in [9.17, 15) is 4.79 Å². The highest BCUT2D eigenvalue weighted by molar-refractivity contribution is 6.35. The minimum Gasteiger partial charge on any atom is -0.492 e. The van der Waals surface area contributed by atoms with E-state index in [1.165, 1.54) is 0 Å². The molecule has 126 valence electrons. The van der Waals surface area contributed by atoms with Crippen molar-refractivity contribution < 1.29 is 14.6 Å². The van der Waals surface area contributed by atoms with Crippen LogP contribution in [-0.2, 0) is 0 Å². The van der Waals surface area contributed by atoms with Gasteiger partial charge in [0.1, 0.15) is 5.75 Å². The molecule has 0 atom stereocenters. The van der Waals surface area contributed by atoms with Gasteiger partial charge in [-0.05, 0) is 31.0 Å². The maximum absolute atomic E-state index is 10.4. The van der Waals surface area contributed by atoms with Crippen LogP contribution in [0.15, 0.2) is 18.2 Å². The first-order chi connectivity index (χ1) is 11.0. The molecule has 0 aromatic heterocycles. The number of carbonyl (C=O) groups is 1. The Morgan fingerprint density at radius 2 is 2.09 bits per heavy atom. The minimum atomic E-state index is -1.01. The monoisotopic (exact) mass is 358 g/mol. The van der Waals surface area contributed by atoms with Crippen molar-refractivity contribution in [1.29, 1.82) is 0 Å². The van der Waals surface area contributed by atoms with Crippen molar-refractivity contribution in [3.8, 4) is 18.1 Å². The number of terminal acetylenes is 1. The number of carboxylic acid groups (broad SMARTS) is 1. The Balaban J connectivity index is 2.26. The highest BCUT2D eigenvalue weighted by Gasteiger charge is 2.05. The number of hydrogen-bond acceptors (Lipinski definition) is 3. The first-order valence-corrected chi connectivity index (χ1v) is 7.99. The largest absolute Gasteiger partial charge is 0.492 e. The number of nitrogens with one attached hydrogen (secondary N) is 1. The van der Waals surface area contributed by atoms with Crippen molar-refractivity contribution in [2.24, 2.45) is 0 Å². The average molecular weight is 359 g/mol. The van der Waals surface area contributed by atoms with Gasteiger partial charge in [0, 0.05) is 24.7 Å². The molecule has 7 heteroatoms. The lowest BCUT2D eigenvalue weighted by atomic mass is 10.3. The van der Waals surface area contributed by atoms with Crippen LogP contribution in [0, 0.1) is 12.3 Å². The molecule has 0 spiro atoms. The molecule has 0 aliphatic carbocycles. The first kappa shape index (κ1) is 19.4. The summed E-state index contributed by atoms with van der Waals surface area (Å²) in [5, 5.41) is 11.9. The summed E-state index contributed by atoms with van der Waals surface area (Å²) >= 11 is 11.9. The quantitative estimate of drug-likeness (QED) is 0.497. The summed E-state index contributed by atoms with van der Waals surface area (Å²) in [4.78, 5) is 12.5. The Labute approximate surface area is 146 Å².